The van der Waals surface area contributed by atoms with Gasteiger partial charge < -0.3 is 5.32 Å². The topological polar surface area (TPSA) is 59.8 Å². The first-order valence-electron chi connectivity index (χ1n) is 9.06. The number of nitrogens with zero attached hydrogens (tertiary/aromatic N) is 3. The number of hydrogen-bond acceptors (Lipinski definition) is 4. The Balaban J connectivity index is 1.46. The molecule has 0 fully saturated rings. The lowest BCUT2D eigenvalue weighted by Crippen LogP contribution is -2.22. The van der Waals surface area contributed by atoms with Crippen molar-refractivity contribution < 1.29 is 4.79 Å². The third-order valence-corrected chi connectivity index (χ3v) is 5.52. The Kier molecular flexibility index (Phi) is 5.30. The third-order valence-electron chi connectivity index (χ3n) is 4.35. The van der Waals surface area contributed by atoms with Gasteiger partial charge in [0.2, 0.25) is 0 Å². The molecule has 0 aliphatic carbocycles. The predicted octanol–water partition coefficient (Wildman–Crippen LogP) is 4.29. The van der Waals surface area contributed by atoms with Gasteiger partial charge in [0.15, 0.2) is 0 Å². The number of aromatic nitrogens is 3. The van der Waals surface area contributed by atoms with Gasteiger partial charge in [-0.2, -0.15) is 5.10 Å². The second kappa shape index (κ2) is 8.19. The van der Waals surface area contributed by atoms with Crippen LogP contribution < -0.4 is 5.32 Å². The molecule has 5 nitrogen and oxygen atoms in total. The second-order valence-corrected chi connectivity index (χ2v) is 7.49. The van der Waals surface area contributed by atoms with Gasteiger partial charge >= 0.3 is 0 Å². The van der Waals surface area contributed by atoms with Gasteiger partial charge in [0.1, 0.15) is 15.6 Å². The maximum Gasteiger partial charge on any atom is 0.263 e. The molecule has 0 saturated heterocycles. The molecule has 0 unspecified atom stereocenters. The van der Waals surface area contributed by atoms with E-state index in [1.165, 1.54) is 16.9 Å². The molecule has 1 N–H and O–H groups in total. The molecule has 0 radical (unpaired) electrons. The smallest absolute Gasteiger partial charge is 0.263 e. The highest BCUT2D eigenvalue weighted by Crippen LogP contribution is 2.26. The monoisotopic (exact) mass is 388 g/mol. The van der Waals surface area contributed by atoms with E-state index in [1.54, 1.807) is 0 Å². The van der Waals surface area contributed by atoms with Crippen molar-refractivity contribution in [2.24, 2.45) is 0 Å². The summed E-state index contributed by atoms with van der Waals surface area (Å²) in [6, 6.07) is 22.0. The average Bonchev–Trinajstić information content (AvgIpc) is 3.34. The zero-order valence-electron chi connectivity index (χ0n) is 15.5. The van der Waals surface area contributed by atoms with Crippen LogP contribution in [0.3, 0.4) is 0 Å². The number of thiazole rings is 1. The molecule has 0 aliphatic heterocycles. The molecule has 0 bridgehead atoms. The van der Waals surface area contributed by atoms with Crippen molar-refractivity contribution in [2.75, 3.05) is 0 Å². The molecule has 0 spiro atoms. The van der Waals surface area contributed by atoms with Crippen LogP contribution in [0.5, 0.6) is 0 Å². The largest absolute Gasteiger partial charge is 0.347 e. The van der Waals surface area contributed by atoms with Crippen LogP contribution in [0.15, 0.2) is 72.9 Å². The minimum absolute atomic E-state index is 0.103. The Hall–Kier alpha value is -3.25. The first-order valence-corrected chi connectivity index (χ1v) is 9.88. The summed E-state index contributed by atoms with van der Waals surface area (Å²) in [5.74, 6) is -0.103. The van der Waals surface area contributed by atoms with Crippen molar-refractivity contribution >= 4 is 17.2 Å². The molecule has 4 aromatic rings. The molecule has 0 atom stereocenters. The molecule has 0 aliphatic rings. The first kappa shape index (κ1) is 18.1. The molecule has 2 aromatic carbocycles. The SMILES string of the molecule is Cc1nc(-c2ccn(Cc3ccccc3)n2)sc1C(=O)NCc1ccccc1. The van der Waals surface area contributed by atoms with Crippen LogP contribution in [-0.2, 0) is 13.1 Å². The van der Waals surface area contributed by atoms with Crippen LogP contribution in [-0.4, -0.2) is 20.7 Å². The minimum atomic E-state index is -0.103. The van der Waals surface area contributed by atoms with Gasteiger partial charge in [0, 0.05) is 12.7 Å². The summed E-state index contributed by atoms with van der Waals surface area (Å²) in [5, 5.41) is 8.34. The summed E-state index contributed by atoms with van der Waals surface area (Å²) in [5.41, 5.74) is 3.76. The molecule has 28 heavy (non-hydrogen) atoms. The lowest BCUT2D eigenvalue weighted by Gasteiger charge is -2.03. The van der Waals surface area contributed by atoms with Crippen LogP contribution in [0.4, 0.5) is 0 Å². The van der Waals surface area contributed by atoms with Crippen LogP contribution in [0.1, 0.15) is 26.5 Å². The molecule has 6 heteroatoms. The molecule has 2 aromatic heterocycles. The standard InChI is InChI=1S/C22H20N4OS/c1-16-20(21(27)23-14-17-8-4-2-5-9-17)28-22(24-16)19-12-13-26(25-19)15-18-10-6-3-7-11-18/h2-13H,14-15H2,1H3,(H,23,27). The fraction of sp³-hybridized carbons (Fsp3) is 0.136. The van der Waals surface area contributed by atoms with E-state index in [0.29, 0.717) is 18.0 Å². The van der Waals surface area contributed by atoms with Gasteiger partial charge in [-0.1, -0.05) is 60.7 Å². The van der Waals surface area contributed by atoms with Crippen molar-refractivity contribution in [1.82, 2.24) is 20.1 Å². The highest BCUT2D eigenvalue weighted by Gasteiger charge is 2.17. The first-order chi connectivity index (χ1) is 13.7. The Bertz CT molecular complexity index is 1070. The molecule has 2 heterocycles. The van der Waals surface area contributed by atoms with Gasteiger partial charge in [0.05, 0.1) is 12.2 Å². The van der Waals surface area contributed by atoms with E-state index in [2.05, 4.69) is 27.5 Å². The molecular formula is C22H20N4OS. The quantitative estimate of drug-likeness (QED) is 0.536. The maximum atomic E-state index is 12.6. The van der Waals surface area contributed by atoms with Crippen molar-refractivity contribution in [1.29, 1.82) is 0 Å². The van der Waals surface area contributed by atoms with E-state index < -0.39 is 0 Å². The van der Waals surface area contributed by atoms with Gasteiger partial charge in [-0.15, -0.1) is 11.3 Å². The number of hydrogen-bond donors (Lipinski definition) is 1. The zero-order valence-corrected chi connectivity index (χ0v) is 16.3. The molecule has 4 rings (SSSR count). The zero-order chi connectivity index (χ0) is 19.3. The Morgan fingerprint density at radius 2 is 1.68 bits per heavy atom. The lowest BCUT2D eigenvalue weighted by molar-refractivity contribution is 0.0954. The highest BCUT2D eigenvalue weighted by molar-refractivity contribution is 7.17. The van der Waals surface area contributed by atoms with E-state index in [-0.39, 0.29) is 5.91 Å². The van der Waals surface area contributed by atoms with Crippen molar-refractivity contribution in [2.45, 2.75) is 20.0 Å². The Morgan fingerprint density at radius 3 is 2.39 bits per heavy atom. The van der Waals surface area contributed by atoms with Crippen LogP contribution in [0.2, 0.25) is 0 Å². The molecule has 140 valence electrons. The summed E-state index contributed by atoms with van der Waals surface area (Å²) in [6.07, 6.45) is 1.94. The third kappa shape index (κ3) is 4.18. The summed E-state index contributed by atoms with van der Waals surface area (Å²) in [4.78, 5) is 17.8. The van der Waals surface area contributed by atoms with Crippen LogP contribution in [0, 0.1) is 6.92 Å². The van der Waals surface area contributed by atoms with E-state index >= 15 is 0 Å². The normalized spacial score (nSPS) is 10.8. The lowest BCUT2D eigenvalue weighted by atomic mass is 10.2. The number of carbonyl (C=O) groups is 1. The fourth-order valence-corrected chi connectivity index (χ4v) is 3.86. The van der Waals surface area contributed by atoms with Gasteiger partial charge in [-0.25, -0.2) is 4.98 Å². The summed E-state index contributed by atoms with van der Waals surface area (Å²) in [6.45, 7) is 3.06. The number of nitrogens with one attached hydrogen (secondary N) is 1. The highest BCUT2D eigenvalue weighted by atomic mass is 32.1. The molecule has 1 amide bonds. The van der Waals surface area contributed by atoms with Gasteiger partial charge in [0.25, 0.3) is 5.91 Å². The summed E-state index contributed by atoms with van der Waals surface area (Å²) < 4.78 is 1.89. The Morgan fingerprint density at radius 1 is 1.00 bits per heavy atom. The Labute approximate surface area is 167 Å². The maximum absolute atomic E-state index is 12.6. The summed E-state index contributed by atoms with van der Waals surface area (Å²) in [7, 11) is 0. The van der Waals surface area contributed by atoms with Crippen LogP contribution >= 0.6 is 11.3 Å². The van der Waals surface area contributed by atoms with Crippen LogP contribution in [0.25, 0.3) is 10.7 Å². The number of amides is 1. The van der Waals surface area contributed by atoms with Crippen molar-refractivity contribution in [3.8, 4) is 10.7 Å². The average molecular weight is 388 g/mol. The number of carbonyl (C=O) groups excluding carboxylic acids is 1. The van der Waals surface area contributed by atoms with E-state index in [0.717, 1.165) is 22.0 Å². The van der Waals surface area contributed by atoms with Crippen molar-refractivity contribution in [3.63, 3.8) is 0 Å². The minimum Gasteiger partial charge on any atom is -0.347 e. The molecule has 0 saturated carbocycles. The summed E-state index contributed by atoms with van der Waals surface area (Å²) >= 11 is 1.38. The number of rotatable bonds is 6. The van der Waals surface area contributed by atoms with Gasteiger partial charge in [-0.3, -0.25) is 9.48 Å². The number of aryl methyl sites for hydroxylation is 1. The fourth-order valence-electron chi connectivity index (χ4n) is 2.91. The number of benzene rings is 2. The second-order valence-electron chi connectivity index (χ2n) is 6.49. The predicted molar refractivity (Wildman–Crippen MR) is 111 cm³/mol. The molecular weight excluding hydrogens is 368 g/mol. The van der Waals surface area contributed by atoms with E-state index in [1.807, 2.05) is 72.4 Å². The van der Waals surface area contributed by atoms with E-state index in [4.69, 9.17) is 0 Å². The van der Waals surface area contributed by atoms with Crippen molar-refractivity contribution in [3.05, 3.63) is 94.6 Å². The van der Waals surface area contributed by atoms with Gasteiger partial charge in [-0.05, 0) is 24.1 Å². The van der Waals surface area contributed by atoms with E-state index in [9.17, 15) is 4.79 Å².